The van der Waals surface area contributed by atoms with Gasteiger partial charge in [0.05, 0.1) is 36.1 Å². The zero-order chi connectivity index (χ0) is 13.8. The van der Waals surface area contributed by atoms with E-state index in [0.717, 1.165) is 25.7 Å². The Bertz CT molecular complexity index is 343. The quantitative estimate of drug-likeness (QED) is 0.574. The van der Waals surface area contributed by atoms with Crippen LogP contribution in [0.25, 0.3) is 0 Å². The molecule has 114 valence electrons. The average Bonchev–Trinajstić information content (AvgIpc) is 3.10. The van der Waals surface area contributed by atoms with Crippen molar-refractivity contribution in [1.29, 1.82) is 0 Å². The van der Waals surface area contributed by atoms with E-state index in [2.05, 4.69) is 31.9 Å². The fourth-order valence-corrected chi connectivity index (χ4v) is 6.30. The van der Waals surface area contributed by atoms with Gasteiger partial charge in [-0.05, 0) is 25.7 Å². The Morgan fingerprint density at radius 2 is 0.950 bits per heavy atom. The molecule has 0 amide bonds. The molecule has 4 rings (SSSR count). The van der Waals surface area contributed by atoms with Gasteiger partial charge in [0.15, 0.2) is 11.6 Å². The highest BCUT2D eigenvalue weighted by molar-refractivity contribution is 9.09. The van der Waals surface area contributed by atoms with Crippen molar-refractivity contribution in [2.24, 2.45) is 11.8 Å². The molecule has 2 saturated heterocycles. The van der Waals surface area contributed by atoms with Crippen LogP contribution in [-0.4, -0.2) is 47.7 Å². The molecule has 2 spiro atoms. The number of rotatable bonds is 0. The lowest BCUT2D eigenvalue weighted by atomic mass is 9.64. The van der Waals surface area contributed by atoms with Crippen LogP contribution in [0.5, 0.6) is 0 Å². The second-order valence-electron chi connectivity index (χ2n) is 6.14. The van der Waals surface area contributed by atoms with Gasteiger partial charge < -0.3 is 18.9 Å². The first-order chi connectivity index (χ1) is 9.69. The van der Waals surface area contributed by atoms with Crippen LogP contribution in [0.15, 0.2) is 0 Å². The van der Waals surface area contributed by atoms with E-state index in [1.54, 1.807) is 0 Å². The molecule has 0 radical (unpaired) electrons. The fraction of sp³-hybridized carbons (Fsp3) is 1.00. The highest BCUT2D eigenvalue weighted by Crippen LogP contribution is 2.58. The Kier molecular flexibility index (Phi) is 3.72. The van der Waals surface area contributed by atoms with E-state index in [4.69, 9.17) is 18.9 Å². The maximum atomic E-state index is 6.11. The Hall–Kier alpha value is 0.800. The lowest BCUT2D eigenvalue weighted by molar-refractivity contribution is -0.292. The summed E-state index contributed by atoms with van der Waals surface area (Å²) >= 11 is 7.61. The van der Waals surface area contributed by atoms with Crippen LogP contribution in [0.3, 0.4) is 0 Å². The molecule has 2 heterocycles. The summed E-state index contributed by atoms with van der Waals surface area (Å²) in [5.74, 6) is -0.262. The van der Waals surface area contributed by atoms with E-state index >= 15 is 0 Å². The van der Waals surface area contributed by atoms with E-state index in [1.165, 1.54) is 0 Å². The molecule has 0 N–H and O–H groups in total. The second-order valence-corrected chi connectivity index (χ2v) is 8.35. The molecule has 0 aromatic carbocycles. The van der Waals surface area contributed by atoms with E-state index in [9.17, 15) is 0 Å². The molecule has 4 aliphatic rings. The summed E-state index contributed by atoms with van der Waals surface area (Å²) in [6, 6.07) is 0. The van der Waals surface area contributed by atoms with Gasteiger partial charge in [-0.3, -0.25) is 0 Å². The molecule has 4 unspecified atom stereocenters. The van der Waals surface area contributed by atoms with Crippen LogP contribution in [0, 0.1) is 11.8 Å². The van der Waals surface area contributed by atoms with Crippen LogP contribution in [0.4, 0.5) is 0 Å². The van der Waals surface area contributed by atoms with Crippen LogP contribution in [0.1, 0.15) is 25.7 Å². The Balaban J connectivity index is 1.70. The molecule has 6 heteroatoms. The lowest BCUT2D eigenvalue weighted by Gasteiger charge is -2.55. The topological polar surface area (TPSA) is 36.9 Å². The summed E-state index contributed by atoms with van der Waals surface area (Å²) in [5, 5.41) is 0. The first kappa shape index (κ1) is 14.4. The lowest BCUT2D eigenvalue weighted by Crippen LogP contribution is -2.63. The van der Waals surface area contributed by atoms with Crippen LogP contribution in [0.2, 0.25) is 0 Å². The molecule has 4 atom stereocenters. The van der Waals surface area contributed by atoms with E-state index < -0.39 is 11.6 Å². The first-order valence-electron chi connectivity index (χ1n) is 7.53. The summed E-state index contributed by atoms with van der Waals surface area (Å²) in [6.07, 6.45) is 4.26. The minimum Gasteiger partial charge on any atom is -0.346 e. The molecule has 0 aromatic rings. The summed E-state index contributed by atoms with van der Waals surface area (Å²) in [7, 11) is 0. The maximum Gasteiger partial charge on any atom is 0.184 e. The van der Waals surface area contributed by atoms with Crippen molar-refractivity contribution in [3.05, 3.63) is 0 Å². The van der Waals surface area contributed by atoms with Gasteiger partial charge in [-0.2, -0.15) is 0 Å². The largest absolute Gasteiger partial charge is 0.346 e. The van der Waals surface area contributed by atoms with Gasteiger partial charge in [-0.1, -0.05) is 31.9 Å². The summed E-state index contributed by atoms with van der Waals surface area (Å²) < 4.78 is 24.4. The van der Waals surface area contributed by atoms with Crippen LogP contribution >= 0.6 is 31.9 Å². The number of hydrogen-bond acceptors (Lipinski definition) is 4. The molecule has 4 nitrogen and oxygen atoms in total. The molecule has 2 aliphatic heterocycles. The maximum absolute atomic E-state index is 6.11. The van der Waals surface area contributed by atoms with Crippen molar-refractivity contribution in [1.82, 2.24) is 0 Å². The zero-order valence-electron chi connectivity index (χ0n) is 11.4. The molecule has 2 saturated carbocycles. The molecular weight excluding hydrogens is 392 g/mol. The zero-order valence-corrected chi connectivity index (χ0v) is 14.5. The van der Waals surface area contributed by atoms with Gasteiger partial charge in [0.2, 0.25) is 0 Å². The van der Waals surface area contributed by atoms with Gasteiger partial charge in [0.25, 0.3) is 0 Å². The van der Waals surface area contributed by atoms with Gasteiger partial charge in [0.1, 0.15) is 0 Å². The molecule has 4 fully saturated rings. The van der Waals surface area contributed by atoms with E-state index in [1.807, 2.05) is 0 Å². The van der Waals surface area contributed by atoms with Crippen molar-refractivity contribution in [3.63, 3.8) is 0 Å². The third-order valence-electron chi connectivity index (χ3n) is 5.33. The van der Waals surface area contributed by atoms with Crippen molar-refractivity contribution < 1.29 is 18.9 Å². The summed E-state index contributed by atoms with van der Waals surface area (Å²) in [5.41, 5.74) is 0. The highest BCUT2D eigenvalue weighted by Gasteiger charge is 2.65. The minimum atomic E-state index is -0.474. The Morgan fingerprint density at radius 1 is 0.600 bits per heavy atom. The molecular formula is C14H20Br2O4. The van der Waals surface area contributed by atoms with Crippen molar-refractivity contribution in [2.75, 3.05) is 26.4 Å². The number of fused-ring (bicyclic) bond motifs is 3. The van der Waals surface area contributed by atoms with Gasteiger partial charge in [-0.25, -0.2) is 0 Å². The standard InChI is InChI=1S/C14H20Br2O4/c15-11-3-1-9-10(14(11)19-7-8-20-14)2-4-12(16)13(9)17-5-6-18-13/h9-12H,1-8H2. The third-order valence-corrected chi connectivity index (χ3v) is 7.52. The summed E-state index contributed by atoms with van der Waals surface area (Å²) in [4.78, 5) is 0.535. The first-order valence-corrected chi connectivity index (χ1v) is 9.36. The SMILES string of the molecule is BrC1CCC2C(CCC(Br)C23OCCO3)C12OCCO2. The van der Waals surface area contributed by atoms with Gasteiger partial charge in [0, 0.05) is 11.8 Å². The minimum absolute atomic E-state index is 0.268. The number of ether oxygens (including phenoxy) is 4. The van der Waals surface area contributed by atoms with Crippen molar-refractivity contribution in [3.8, 4) is 0 Å². The van der Waals surface area contributed by atoms with Gasteiger partial charge in [-0.15, -0.1) is 0 Å². The van der Waals surface area contributed by atoms with E-state index in [-0.39, 0.29) is 9.65 Å². The normalized spacial score (nSPS) is 45.9. The second kappa shape index (κ2) is 5.17. The monoisotopic (exact) mass is 410 g/mol. The number of halogens is 2. The van der Waals surface area contributed by atoms with Crippen molar-refractivity contribution in [2.45, 2.75) is 46.9 Å². The Labute approximate surface area is 136 Å². The fourth-order valence-electron chi connectivity index (χ4n) is 4.56. The van der Waals surface area contributed by atoms with E-state index in [0.29, 0.717) is 38.3 Å². The predicted octanol–water partition coefficient (Wildman–Crippen LogP) is 2.82. The molecule has 20 heavy (non-hydrogen) atoms. The molecule has 0 aromatic heterocycles. The van der Waals surface area contributed by atoms with Crippen LogP contribution < -0.4 is 0 Å². The average molecular weight is 412 g/mol. The number of alkyl halides is 2. The smallest absolute Gasteiger partial charge is 0.184 e. The molecule has 0 bridgehead atoms. The van der Waals surface area contributed by atoms with Crippen LogP contribution in [-0.2, 0) is 18.9 Å². The molecule has 2 aliphatic carbocycles. The predicted molar refractivity (Wildman–Crippen MR) is 80.1 cm³/mol. The highest BCUT2D eigenvalue weighted by atomic mass is 79.9. The summed E-state index contributed by atoms with van der Waals surface area (Å²) in [6.45, 7) is 2.77. The van der Waals surface area contributed by atoms with Crippen molar-refractivity contribution >= 4 is 31.9 Å². The Morgan fingerprint density at radius 3 is 1.30 bits per heavy atom. The number of hydrogen-bond donors (Lipinski definition) is 0. The van der Waals surface area contributed by atoms with Gasteiger partial charge >= 0.3 is 0 Å². The third kappa shape index (κ3) is 1.85.